The molecule has 0 saturated carbocycles. The molecule has 0 aliphatic carbocycles. The summed E-state index contributed by atoms with van der Waals surface area (Å²) in [6, 6.07) is 8.35. The molecule has 4 heteroatoms. The number of para-hydroxylation sites is 1. The van der Waals surface area contributed by atoms with E-state index in [-0.39, 0.29) is 0 Å². The number of aromatic nitrogens is 1. The number of halogens is 1. The lowest BCUT2D eigenvalue weighted by atomic mass is 10.1. The van der Waals surface area contributed by atoms with Crippen molar-refractivity contribution >= 4 is 33.1 Å². The average molecular weight is 373 g/mol. The zero-order valence-corrected chi connectivity index (χ0v) is 14.8. The van der Waals surface area contributed by atoms with E-state index >= 15 is 0 Å². The fraction of sp³-hybridized carbons (Fsp3) is 0.211. The second kappa shape index (κ2) is 9.16. The van der Waals surface area contributed by atoms with Gasteiger partial charge in [0, 0.05) is 34.7 Å². The monoisotopic (exact) mass is 372 g/mol. The molecule has 0 atom stereocenters. The fourth-order valence-corrected chi connectivity index (χ4v) is 2.70. The number of nitrogens with one attached hydrogen (secondary N) is 1. The van der Waals surface area contributed by atoms with Crippen molar-refractivity contribution in [2.24, 2.45) is 0 Å². The molecular weight excluding hydrogens is 352 g/mol. The van der Waals surface area contributed by atoms with E-state index < -0.39 is 0 Å². The van der Waals surface area contributed by atoms with Crippen LogP contribution in [0.4, 0.5) is 0 Å². The molecule has 2 rings (SSSR count). The molecule has 0 spiro atoms. The van der Waals surface area contributed by atoms with E-state index in [1.165, 1.54) is 22.5 Å². The first-order valence-corrected chi connectivity index (χ1v) is 8.42. The quantitative estimate of drug-likeness (QED) is 0.418. The number of benzene rings is 1. The van der Waals surface area contributed by atoms with Crippen molar-refractivity contribution in [3.63, 3.8) is 0 Å². The summed E-state index contributed by atoms with van der Waals surface area (Å²) in [5, 5.41) is 1.28. The van der Waals surface area contributed by atoms with Crippen LogP contribution in [0, 0.1) is 0 Å². The van der Waals surface area contributed by atoms with Crippen molar-refractivity contribution in [2.45, 2.75) is 13.3 Å². The van der Waals surface area contributed by atoms with Gasteiger partial charge in [0.25, 0.3) is 0 Å². The fourth-order valence-electron chi connectivity index (χ4n) is 2.38. The van der Waals surface area contributed by atoms with Crippen LogP contribution in [-0.4, -0.2) is 29.3 Å². The second-order valence-corrected chi connectivity index (χ2v) is 6.20. The van der Waals surface area contributed by atoms with E-state index in [1.54, 1.807) is 6.08 Å². The molecule has 2 aromatic rings. The molecule has 0 aliphatic rings. The van der Waals surface area contributed by atoms with Gasteiger partial charge in [0.2, 0.25) is 0 Å². The summed E-state index contributed by atoms with van der Waals surface area (Å²) >= 11 is 3.56. The molecule has 0 amide bonds. The Morgan fingerprint density at radius 1 is 1.26 bits per heavy atom. The van der Waals surface area contributed by atoms with Gasteiger partial charge in [-0.05, 0) is 43.3 Å². The van der Waals surface area contributed by atoms with Crippen LogP contribution in [0.3, 0.4) is 0 Å². The van der Waals surface area contributed by atoms with E-state index in [2.05, 4.69) is 50.2 Å². The molecule has 0 radical (unpaired) electrons. The van der Waals surface area contributed by atoms with Crippen LogP contribution in [0.1, 0.15) is 12.5 Å². The number of aromatic amines is 1. The van der Waals surface area contributed by atoms with Crippen LogP contribution >= 0.6 is 15.9 Å². The number of allylic oxidation sites excluding steroid dienone is 4. The molecule has 0 bridgehead atoms. The minimum Gasteiger partial charge on any atom is -0.372 e. The first-order chi connectivity index (χ1) is 11.2. The summed E-state index contributed by atoms with van der Waals surface area (Å²) in [5.74, 6) is 0. The summed E-state index contributed by atoms with van der Waals surface area (Å²) in [6.07, 6.45) is 13.0. The van der Waals surface area contributed by atoms with Crippen LogP contribution in [0.2, 0.25) is 0 Å². The Balaban J connectivity index is 2.05. The lowest BCUT2D eigenvalue weighted by molar-refractivity contribution is -0.104. The predicted molar refractivity (Wildman–Crippen MR) is 101 cm³/mol. The molecule has 120 valence electrons. The van der Waals surface area contributed by atoms with Crippen molar-refractivity contribution in [3.8, 4) is 0 Å². The van der Waals surface area contributed by atoms with Gasteiger partial charge in [-0.25, -0.2) is 0 Å². The number of nitrogens with zero attached hydrogens (tertiary/aromatic N) is 1. The Hall–Kier alpha value is -2.07. The van der Waals surface area contributed by atoms with Gasteiger partial charge in [-0.1, -0.05) is 46.3 Å². The van der Waals surface area contributed by atoms with E-state index in [9.17, 15) is 4.79 Å². The van der Waals surface area contributed by atoms with E-state index in [0.717, 1.165) is 30.3 Å². The third-order valence-corrected chi connectivity index (χ3v) is 4.32. The first-order valence-electron chi connectivity index (χ1n) is 7.63. The van der Waals surface area contributed by atoms with Gasteiger partial charge in [-0.15, -0.1) is 0 Å². The van der Waals surface area contributed by atoms with E-state index in [1.807, 2.05) is 31.3 Å². The van der Waals surface area contributed by atoms with Crippen molar-refractivity contribution in [2.75, 3.05) is 13.1 Å². The Bertz CT molecular complexity index is 728. The van der Waals surface area contributed by atoms with Gasteiger partial charge >= 0.3 is 0 Å². The Kier molecular flexibility index (Phi) is 6.88. The number of carbonyl (C=O) groups excluding carboxylic acids is 1. The van der Waals surface area contributed by atoms with Crippen LogP contribution in [0.25, 0.3) is 10.9 Å². The molecule has 23 heavy (non-hydrogen) atoms. The Morgan fingerprint density at radius 3 is 2.87 bits per heavy atom. The molecule has 0 saturated heterocycles. The second-order valence-electron chi connectivity index (χ2n) is 5.18. The molecule has 1 heterocycles. The summed E-state index contributed by atoms with van der Waals surface area (Å²) in [7, 11) is 0. The highest BCUT2D eigenvalue weighted by Gasteiger charge is 2.06. The van der Waals surface area contributed by atoms with E-state index in [0.29, 0.717) is 0 Å². The molecule has 0 aliphatic heterocycles. The Labute approximate surface area is 145 Å². The van der Waals surface area contributed by atoms with Gasteiger partial charge in [0.15, 0.2) is 0 Å². The normalized spacial score (nSPS) is 12.5. The highest BCUT2D eigenvalue weighted by atomic mass is 79.9. The van der Waals surface area contributed by atoms with Gasteiger partial charge < -0.3 is 9.88 Å². The summed E-state index contributed by atoms with van der Waals surface area (Å²) in [6.45, 7) is 3.72. The molecule has 3 nitrogen and oxygen atoms in total. The average Bonchev–Trinajstić information content (AvgIpc) is 2.99. The third-order valence-electron chi connectivity index (χ3n) is 3.61. The predicted octanol–water partition coefficient (Wildman–Crippen LogP) is 4.58. The van der Waals surface area contributed by atoms with Crippen LogP contribution in [-0.2, 0) is 11.2 Å². The number of aldehydes is 1. The minimum absolute atomic E-state index is 0.780. The van der Waals surface area contributed by atoms with Crippen molar-refractivity contribution in [1.82, 2.24) is 9.88 Å². The van der Waals surface area contributed by atoms with Crippen molar-refractivity contribution in [3.05, 3.63) is 71.0 Å². The molecule has 1 N–H and O–H groups in total. The SMILES string of the molecule is C/C=C(\Br)CN(/C=C/C=C/C=O)CCc1c[nH]c2ccccc12. The van der Waals surface area contributed by atoms with E-state index in [4.69, 9.17) is 0 Å². The zero-order valence-electron chi connectivity index (χ0n) is 13.2. The number of carbonyl (C=O) groups is 1. The number of rotatable bonds is 8. The number of hydrogen-bond acceptors (Lipinski definition) is 2. The largest absolute Gasteiger partial charge is 0.372 e. The number of H-pyrrole nitrogens is 1. The Morgan fingerprint density at radius 2 is 2.09 bits per heavy atom. The minimum atomic E-state index is 0.780. The topological polar surface area (TPSA) is 36.1 Å². The maximum absolute atomic E-state index is 10.3. The standard InChI is InChI=1S/C19H21BrN2O/c1-2-17(20)15-22(11-6-3-7-13-23)12-10-16-14-21-19-9-5-4-8-18(16)19/h2-9,11,13-14,21H,10,12,15H2,1H3/b7-3+,11-6+,17-2-. The van der Waals surface area contributed by atoms with Crippen LogP contribution in [0.15, 0.2) is 65.4 Å². The van der Waals surface area contributed by atoms with Gasteiger partial charge in [-0.3, -0.25) is 4.79 Å². The van der Waals surface area contributed by atoms with Crippen LogP contribution < -0.4 is 0 Å². The molecule has 1 aromatic heterocycles. The lowest BCUT2D eigenvalue weighted by Crippen LogP contribution is -2.21. The summed E-state index contributed by atoms with van der Waals surface area (Å²) in [4.78, 5) is 15.9. The maximum atomic E-state index is 10.3. The van der Waals surface area contributed by atoms with Crippen molar-refractivity contribution in [1.29, 1.82) is 0 Å². The molecule has 1 aromatic carbocycles. The highest BCUT2D eigenvalue weighted by molar-refractivity contribution is 9.11. The first kappa shape index (κ1) is 17.3. The molecular formula is C19H21BrN2O. The van der Waals surface area contributed by atoms with Gasteiger partial charge in [-0.2, -0.15) is 0 Å². The van der Waals surface area contributed by atoms with Crippen molar-refractivity contribution < 1.29 is 4.79 Å². The lowest BCUT2D eigenvalue weighted by Gasteiger charge is -2.20. The zero-order chi connectivity index (χ0) is 16.5. The van der Waals surface area contributed by atoms with Crippen LogP contribution in [0.5, 0.6) is 0 Å². The third kappa shape index (κ3) is 5.25. The number of fused-ring (bicyclic) bond motifs is 1. The smallest absolute Gasteiger partial charge is 0.142 e. The summed E-state index contributed by atoms with van der Waals surface area (Å²) in [5.41, 5.74) is 2.49. The molecule has 0 fully saturated rings. The summed E-state index contributed by atoms with van der Waals surface area (Å²) < 4.78 is 1.14. The molecule has 0 unspecified atom stereocenters. The van der Waals surface area contributed by atoms with Gasteiger partial charge in [0.05, 0.1) is 0 Å². The number of hydrogen-bond donors (Lipinski definition) is 1. The highest BCUT2D eigenvalue weighted by Crippen LogP contribution is 2.19. The van der Waals surface area contributed by atoms with Gasteiger partial charge in [0.1, 0.15) is 6.29 Å². The maximum Gasteiger partial charge on any atom is 0.142 e.